The lowest BCUT2D eigenvalue weighted by atomic mass is 10.1. The number of methoxy groups -OCH3 is 1. The molecular formula is C23H21N3O2. The van der Waals surface area contributed by atoms with E-state index in [0.29, 0.717) is 5.56 Å². The average Bonchev–Trinajstić information content (AvgIpc) is 3.18. The number of nitrogens with zero attached hydrogens (tertiary/aromatic N) is 2. The van der Waals surface area contributed by atoms with Crippen LogP contribution in [0.1, 0.15) is 27.0 Å². The van der Waals surface area contributed by atoms with Crippen LogP contribution in [0, 0.1) is 0 Å². The Labute approximate surface area is 164 Å². The maximum atomic E-state index is 12.4. The second-order valence-electron chi connectivity index (χ2n) is 6.65. The highest BCUT2D eigenvalue weighted by atomic mass is 16.5. The molecule has 4 rings (SSSR count). The predicted molar refractivity (Wildman–Crippen MR) is 111 cm³/mol. The van der Waals surface area contributed by atoms with Crippen LogP contribution in [0.25, 0.3) is 0 Å². The number of amides is 1. The van der Waals surface area contributed by atoms with Gasteiger partial charge in [0.15, 0.2) is 0 Å². The zero-order valence-corrected chi connectivity index (χ0v) is 15.6. The first-order valence-electron chi connectivity index (χ1n) is 9.12. The van der Waals surface area contributed by atoms with E-state index in [2.05, 4.69) is 27.6 Å². The average molecular weight is 371 g/mol. The fourth-order valence-corrected chi connectivity index (χ4v) is 3.28. The third-order valence-corrected chi connectivity index (χ3v) is 4.81. The lowest BCUT2D eigenvalue weighted by molar-refractivity contribution is 0.0955. The number of hydrogen-bond acceptors (Lipinski definition) is 4. The van der Waals surface area contributed by atoms with Crippen LogP contribution in [0.2, 0.25) is 0 Å². The van der Waals surface area contributed by atoms with Crippen LogP contribution in [-0.4, -0.2) is 19.2 Å². The summed E-state index contributed by atoms with van der Waals surface area (Å²) < 4.78 is 5.12. The Kier molecular flexibility index (Phi) is 5.06. The molecule has 0 radical (unpaired) electrons. The monoisotopic (exact) mass is 371 g/mol. The van der Waals surface area contributed by atoms with E-state index in [1.165, 1.54) is 16.8 Å². The summed E-state index contributed by atoms with van der Waals surface area (Å²) in [5.41, 5.74) is 7.71. The Morgan fingerprint density at radius 2 is 1.75 bits per heavy atom. The van der Waals surface area contributed by atoms with Crippen molar-refractivity contribution in [3.8, 4) is 5.75 Å². The Morgan fingerprint density at radius 3 is 2.50 bits per heavy atom. The maximum absolute atomic E-state index is 12.4. The van der Waals surface area contributed by atoms with Crippen molar-refractivity contribution in [3.63, 3.8) is 0 Å². The molecule has 0 fully saturated rings. The van der Waals surface area contributed by atoms with Crippen molar-refractivity contribution in [2.24, 2.45) is 5.10 Å². The fourth-order valence-electron chi connectivity index (χ4n) is 3.28. The van der Waals surface area contributed by atoms with Crippen LogP contribution in [0.3, 0.4) is 0 Å². The highest BCUT2D eigenvalue weighted by molar-refractivity contribution is 5.95. The molecule has 0 spiro atoms. The quantitative estimate of drug-likeness (QED) is 0.545. The minimum Gasteiger partial charge on any atom is -0.497 e. The zero-order valence-electron chi connectivity index (χ0n) is 15.6. The largest absolute Gasteiger partial charge is 0.497 e. The topological polar surface area (TPSA) is 53.9 Å². The molecule has 0 atom stereocenters. The Hall–Kier alpha value is -3.60. The number of ether oxygens (including phenoxy) is 1. The van der Waals surface area contributed by atoms with Gasteiger partial charge in [-0.05, 0) is 65.2 Å². The summed E-state index contributed by atoms with van der Waals surface area (Å²) in [6.45, 7) is 1.66. The number of rotatable bonds is 5. The van der Waals surface area contributed by atoms with E-state index >= 15 is 0 Å². The minimum absolute atomic E-state index is 0.217. The van der Waals surface area contributed by atoms with Gasteiger partial charge >= 0.3 is 0 Å². The van der Waals surface area contributed by atoms with E-state index < -0.39 is 0 Å². The third-order valence-electron chi connectivity index (χ3n) is 4.81. The molecule has 1 aliphatic rings. The van der Waals surface area contributed by atoms with Gasteiger partial charge in [0.2, 0.25) is 0 Å². The van der Waals surface area contributed by atoms with Gasteiger partial charge in [-0.2, -0.15) is 5.10 Å². The molecule has 0 aliphatic carbocycles. The summed E-state index contributed by atoms with van der Waals surface area (Å²) in [4.78, 5) is 14.7. The van der Waals surface area contributed by atoms with Crippen molar-refractivity contribution in [2.45, 2.75) is 13.1 Å². The molecule has 140 valence electrons. The van der Waals surface area contributed by atoms with Gasteiger partial charge < -0.3 is 9.64 Å². The molecule has 1 amide bonds. The summed E-state index contributed by atoms with van der Waals surface area (Å²) in [5, 5.41) is 4.05. The molecule has 0 saturated heterocycles. The molecular weight excluding hydrogens is 350 g/mol. The number of hydrazone groups is 1. The van der Waals surface area contributed by atoms with Gasteiger partial charge in [-0.25, -0.2) is 5.43 Å². The summed E-state index contributed by atoms with van der Waals surface area (Å²) in [7, 11) is 1.62. The molecule has 3 aromatic carbocycles. The zero-order chi connectivity index (χ0) is 19.3. The molecule has 0 aromatic heterocycles. The van der Waals surface area contributed by atoms with Gasteiger partial charge in [0.25, 0.3) is 5.91 Å². The van der Waals surface area contributed by atoms with Gasteiger partial charge in [-0.15, -0.1) is 0 Å². The van der Waals surface area contributed by atoms with E-state index in [1.54, 1.807) is 13.3 Å². The van der Waals surface area contributed by atoms with Crippen LogP contribution >= 0.6 is 0 Å². The summed E-state index contributed by atoms with van der Waals surface area (Å²) >= 11 is 0. The standard InChI is InChI=1S/C23H21N3O2/c1-28-22-11-7-17(8-12-22)14-24-25-23(27)18-9-10-19-15-26(16-20(19)13-18)21-5-3-2-4-6-21/h2-14H,15-16H2,1H3,(H,25,27)/b24-14+. The van der Waals surface area contributed by atoms with E-state index in [-0.39, 0.29) is 5.91 Å². The molecule has 3 aromatic rings. The molecule has 1 heterocycles. The Balaban J connectivity index is 1.40. The van der Waals surface area contributed by atoms with Crippen molar-refractivity contribution in [1.29, 1.82) is 0 Å². The van der Waals surface area contributed by atoms with E-state index in [9.17, 15) is 4.79 Å². The Bertz CT molecular complexity index is 998. The molecule has 5 heteroatoms. The number of anilines is 1. The number of carbonyl (C=O) groups excluding carboxylic acids is 1. The van der Waals surface area contributed by atoms with Gasteiger partial charge in [0.1, 0.15) is 5.75 Å². The number of para-hydroxylation sites is 1. The van der Waals surface area contributed by atoms with Crippen molar-refractivity contribution >= 4 is 17.8 Å². The van der Waals surface area contributed by atoms with E-state index in [0.717, 1.165) is 24.4 Å². The van der Waals surface area contributed by atoms with Crippen molar-refractivity contribution < 1.29 is 9.53 Å². The first-order valence-corrected chi connectivity index (χ1v) is 9.12. The summed E-state index contributed by atoms with van der Waals surface area (Å²) in [6.07, 6.45) is 1.61. The fraction of sp³-hybridized carbons (Fsp3) is 0.130. The summed E-state index contributed by atoms with van der Waals surface area (Å²) in [5.74, 6) is 0.564. The van der Waals surface area contributed by atoms with Crippen LogP contribution in [0.4, 0.5) is 5.69 Å². The summed E-state index contributed by atoms with van der Waals surface area (Å²) in [6, 6.07) is 23.6. The second-order valence-corrected chi connectivity index (χ2v) is 6.65. The number of fused-ring (bicyclic) bond motifs is 1. The lowest BCUT2D eigenvalue weighted by Gasteiger charge is -2.17. The van der Waals surface area contributed by atoms with Crippen molar-refractivity contribution in [3.05, 3.63) is 95.1 Å². The number of benzene rings is 3. The Morgan fingerprint density at radius 1 is 1.00 bits per heavy atom. The molecule has 28 heavy (non-hydrogen) atoms. The van der Waals surface area contributed by atoms with Gasteiger partial charge in [0, 0.05) is 24.3 Å². The van der Waals surface area contributed by atoms with Crippen LogP contribution in [-0.2, 0) is 13.1 Å². The SMILES string of the molecule is COc1ccc(/C=N/NC(=O)c2ccc3c(c2)CN(c2ccccc2)C3)cc1. The van der Waals surface area contributed by atoms with Crippen molar-refractivity contribution in [1.82, 2.24) is 5.43 Å². The van der Waals surface area contributed by atoms with Crippen molar-refractivity contribution in [2.75, 3.05) is 12.0 Å². The highest BCUT2D eigenvalue weighted by Gasteiger charge is 2.20. The first-order chi connectivity index (χ1) is 13.7. The van der Waals surface area contributed by atoms with Gasteiger partial charge in [0.05, 0.1) is 13.3 Å². The number of nitrogens with one attached hydrogen (secondary N) is 1. The third kappa shape index (κ3) is 3.88. The maximum Gasteiger partial charge on any atom is 0.271 e. The van der Waals surface area contributed by atoms with Gasteiger partial charge in [-0.3, -0.25) is 4.79 Å². The lowest BCUT2D eigenvalue weighted by Crippen LogP contribution is -2.17. The minimum atomic E-state index is -0.217. The number of hydrogen-bond donors (Lipinski definition) is 1. The first kappa shape index (κ1) is 17.8. The molecule has 0 unspecified atom stereocenters. The van der Waals surface area contributed by atoms with Gasteiger partial charge in [-0.1, -0.05) is 24.3 Å². The van der Waals surface area contributed by atoms with Crippen LogP contribution in [0.15, 0.2) is 77.9 Å². The number of carbonyl (C=O) groups is 1. The molecule has 0 saturated carbocycles. The van der Waals surface area contributed by atoms with E-state index in [4.69, 9.17) is 4.74 Å². The van der Waals surface area contributed by atoms with Crippen LogP contribution < -0.4 is 15.1 Å². The highest BCUT2D eigenvalue weighted by Crippen LogP contribution is 2.28. The second kappa shape index (κ2) is 7.96. The molecule has 5 nitrogen and oxygen atoms in total. The predicted octanol–water partition coefficient (Wildman–Crippen LogP) is 3.98. The normalized spacial score (nSPS) is 12.8. The van der Waals surface area contributed by atoms with E-state index in [1.807, 2.05) is 60.7 Å². The molecule has 1 aliphatic heterocycles. The smallest absolute Gasteiger partial charge is 0.271 e. The molecule has 1 N–H and O–H groups in total. The van der Waals surface area contributed by atoms with Crippen LogP contribution in [0.5, 0.6) is 5.75 Å². The molecule has 0 bridgehead atoms.